The molecule has 0 spiro atoms. The number of rotatable bonds is 5. The number of hydrogen-bond donors (Lipinski definition) is 1. The van der Waals surface area contributed by atoms with Gasteiger partial charge in [-0.15, -0.1) is 11.3 Å². The number of nitrogens with zero attached hydrogens (tertiary/aromatic N) is 2. The van der Waals surface area contributed by atoms with Gasteiger partial charge in [0, 0.05) is 24.2 Å². The molecule has 26 heavy (non-hydrogen) atoms. The summed E-state index contributed by atoms with van der Waals surface area (Å²) in [6.45, 7) is 5.24. The molecule has 0 bridgehead atoms. The SMILES string of the molecule is CCOC(=O)C1CCCN(C(=O)c2csc(Nc3ccc(C)cc3)n2)C1. The molecule has 1 aliphatic rings. The van der Waals surface area contributed by atoms with Crippen molar-refractivity contribution in [1.29, 1.82) is 0 Å². The standard InChI is InChI=1S/C19H23N3O3S/c1-3-25-18(24)14-5-4-10-22(11-14)17(23)16-12-26-19(21-16)20-15-8-6-13(2)7-9-15/h6-9,12,14H,3-5,10-11H2,1-2H3,(H,20,21). The van der Waals surface area contributed by atoms with E-state index < -0.39 is 0 Å². The molecule has 1 atom stereocenters. The summed E-state index contributed by atoms with van der Waals surface area (Å²) in [6, 6.07) is 8.00. The molecule has 1 aromatic carbocycles. The largest absolute Gasteiger partial charge is 0.466 e. The third-order valence-electron chi connectivity index (χ3n) is 4.35. The zero-order chi connectivity index (χ0) is 18.5. The van der Waals surface area contributed by atoms with Crippen LogP contribution < -0.4 is 5.32 Å². The van der Waals surface area contributed by atoms with Crippen LogP contribution >= 0.6 is 11.3 Å². The molecule has 0 saturated carbocycles. The third-order valence-corrected chi connectivity index (χ3v) is 5.11. The minimum absolute atomic E-state index is 0.132. The fraction of sp³-hybridized carbons (Fsp3) is 0.421. The lowest BCUT2D eigenvalue weighted by atomic mass is 9.98. The Kier molecular flexibility index (Phi) is 5.88. The van der Waals surface area contributed by atoms with Gasteiger partial charge in [0.05, 0.1) is 12.5 Å². The summed E-state index contributed by atoms with van der Waals surface area (Å²) < 4.78 is 5.09. The number of anilines is 2. The van der Waals surface area contributed by atoms with Gasteiger partial charge in [0.15, 0.2) is 5.13 Å². The summed E-state index contributed by atoms with van der Waals surface area (Å²) in [5.74, 6) is -0.589. The first kappa shape index (κ1) is 18.4. The minimum atomic E-state index is -0.239. The molecule has 1 saturated heterocycles. The lowest BCUT2D eigenvalue weighted by Crippen LogP contribution is -2.42. The maximum absolute atomic E-state index is 12.7. The van der Waals surface area contributed by atoms with E-state index in [1.807, 2.05) is 31.2 Å². The Morgan fingerprint density at radius 2 is 2.12 bits per heavy atom. The first-order chi connectivity index (χ1) is 12.6. The molecule has 1 aliphatic heterocycles. The number of thiazole rings is 1. The molecule has 3 rings (SSSR count). The van der Waals surface area contributed by atoms with Crippen LogP contribution in [0.5, 0.6) is 0 Å². The summed E-state index contributed by atoms with van der Waals surface area (Å²) in [5.41, 5.74) is 2.53. The van der Waals surface area contributed by atoms with Crippen LogP contribution in [0.25, 0.3) is 0 Å². The second-order valence-corrected chi connectivity index (χ2v) is 7.23. The molecule has 1 unspecified atom stereocenters. The summed E-state index contributed by atoms with van der Waals surface area (Å²) in [7, 11) is 0. The number of ether oxygens (including phenoxy) is 1. The Morgan fingerprint density at radius 3 is 2.85 bits per heavy atom. The van der Waals surface area contributed by atoms with Crippen molar-refractivity contribution in [2.45, 2.75) is 26.7 Å². The highest BCUT2D eigenvalue weighted by Gasteiger charge is 2.30. The van der Waals surface area contributed by atoms with Crippen LogP contribution in [0.4, 0.5) is 10.8 Å². The number of aromatic nitrogens is 1. The number of carbonyl (C=O) groups is 2. The van der Waals surface area contributed by atoms with Gasteiger partial charge in [-0.25, -0.2) is 4.98 Å². The van der Waals surface area contributed by atoms with Gasteiger partial charge in [-0.1, -0.05) is 17.7 Å². The quantitative estimate of drug-likeness (QED) is 0.811. The second-order valence-electron chi connectivity index (χ2n) is 6.37. The molecular weight excluding hydrogens is 350 g/mol. The van der Waals surface area contributed by atoms with E-state index in [2.05, 4.69) is 10.3 Å². The molecule has 2 heterocycles. The van der Waals surface area contributed by atoms with Gasteiger partial charge in [-0.2, -0.15) is 0 Å². The van der Waals surface area contributed by atoms with Crippen molar-refractivity contribution in [3.8, 4) is 0 Å². The Hall–Kier alpha value is -2.41. The Labute approximate surface area is 157 Å². The first-order valence-corrected chi connectivity index (χ1v) is 9.70. The summed E-state index contributed by atoms with van der Waals surface area (Å²) in [5, 5.41) is 5.65. The number of amides is 1. The monoisotopic (exact) mass is 373 g/mol. The van der Waals surface area contributed by atoms with Crippen LogP contribution in [0.2, 0.25) is 0 Å². The van der Waals surface area contributed by atoms with E-state index in [0.29, 0.717) is 30.5 Å². The van der Waals surface area contributed by atoms with Crippen molar-refractivity contribution in [1.82, 2.24) is 9.88 Å². The number of carbonyl (C=O) groups excluding carboxylic acids is 2. The van der Waals surface area contributed by atoms with Crippen LogP contribution in [0, 0.1) is 12.8 Å². The van der Waals surface area contributed by atoms with Crippen molar-refractivity contribution >= 4 is 34.0 Å². The van der Waals surface area contributed by atoms with Gasteiger partial charge >= 0.3 is 5.97 Å². The Bertz CT molecular complexity index is 773. The molecule has 138 valence electrons. The van der Waals surface area contributed by atoms with Crippen LogP contribution in [0.15, 0.2) is 29.6 Å². The number of likely N-dealkylation sites (tertiary alicyclic amines) is 1. The molecule has 0 radical (unpaired) electrons. The second kappa shape index (κ2) is 8.31. The normalized spacial score (nSPS) is 17.0. The Balaban J connectivity index is 1.63. The third kappa shape index (κ3) is 4.40. The molecule has 2 aromatic rings. The molecule has 1 N–H and O–H groups in total. The number of esters is 1. The lowest BCUT2D eigenvalue weighted by molar-refractivity contribution is -0.149. The van der Waals surface area contributed by atoms with Crippen molar-refractivity contribution in [3.63, 3.8) is 0 Å². The zero-order valence-corrected chi connectivity index (χ0v) is 15.8. The number of nitrogens with one attached hydrogen (secondary N) is 1. The van der Waals surface area contributed by atoms with Crippen LogP contribution in [0.3, 0.4) is 0 Å². The highest BCUT2D eigenvalue weighted by Crippen LogP contribution is 2.24. The van der Waals surface area contributed by atoms with Gasteiger partial charge in [-0.05, 0) is 38.8 Å². The number of aryl methyl sites for hydroxylation is 1. The molecule has 7 heteroatoms. The van der Waals surface area contributed by atoms with Gasteiger partial charge in [-0.3, -0.25) is 9.59 Å². The van der Waals surface area contributed by atoms with E-state index in [0.717, 1.165) is 18.5 Å². The maximum Gasteiger partial charge on any atom is 0.310 e. The van der Waals surface area contributed by atoms with Crippen molar-refractivity contribution in [2.75, 3.05) is 25.0 Å². The van der Waals surface area contributed by atoms with Crippen molar-refractivity contribution < 1.29 is 14.3 Å². The Morgan fingerprint density at radius 1 is 1.35 bits per heavy atom. The number of piperidine rings is 1. The molecular formula is C19H23N3O3S. The predicted octanol–water partition coefficient (Wildman–Crippen LogP) is 3.61. The highest BCUT2D eigenvalue weighted by atomic mass is 32.1. The zero-order valence-electron chi connectivity index (χ0n) is 15.0. The van der Waals surface area contributed by atoms with Gasteiger partial charge < -0.3 is 15.0 Å². The van der Waals surface area contributed by atoms with Gasteiger partial charge in [0.25, 0.3) is 5.91 Å². The summed E-state index contributed by atoms with van der Waals surface area (Å²) in [6.07, 6.45) is 1.56. The van der Waals surface area contributed by atoms with Crippen LogP contribution in [0.1, 0.15) is 35.8 Å². The van der Waals surface area contributed by atoms with Crippen LogP contribution in [-0.2, 0) is 9.53 Å². The highest BCUT2D eigenvalue weighted by molar-refractivity contribution is 7.14. The van der Waals surface area contributed by atoms with Crippen molar-refractivity contribution in [2.24, 2.45) is 5.92 Å². The number of benzene rings is 1. The summed E-state index contributed by atoms with van der Waals surface area (Å²) in [4.78, 5) is 30.8. The lowest BCUT2D eigenvalue weighted by Gasteiger charge is -2.31. The van der Waals surface area contributed by atoms with Gasteiger partial charge in [0.2, 0.25) is 0 Å². The fourth-order valence-corrected chi connectivity index (χ4v) is 3.67. The molecule has 1 aromatic heterocycles. The predicted molar refractivity (Wildman–Crippen MR) is 102 cm³/mol. The van der Waals surface area contributed by atoms with E-state index in [1.54, 1.807) is 17.2 Å². The van der Waals surface area contributed by atoms with E-state index in [-0.39, 0.29) is 17.8 Å². The van der Waals surface area contributed by atoms with E-state index in [9.17, 15) is 9.59 Å². The van der Waals surface area contributed by atoms with E-state index in [4.69, 9.17) is 4.74 Å². The van der Waals surface area contributed by atoms with Crippen molar-refractivity contribution in [3.05, 3.63) is 40.9 Å². The first-order valence-electron chi connectivity index (χ1n) is 8.82. The molecule has 6 nitrogen and oxygen atoms in total. The average molecular weight is 373 g/mol. The smallest absolute Gasteiger partial charge is 0.310 e. The minimum Gasteiger partial charge on any atom is -0.466 e. The van der Waals surface area contributed by atoms with E-state index in [1.165, 1.54) is 16.9 Å². The van der Waals surface area contributed by atoms with E-state index >= 15 is 0 Å². The molecule has 1 fully saturated rings. The molecule has 0 aliphatic carbocycles. The van der Waals surface area contributed by atoms with Crippen LogP contribution in [-0.4, -0.2) is 41.5 Å². The summed E-state index contributed by atoms with van der Waals surface area (Å²) >= 11 is 1.39. The van der Waals surface area contributed by atoms with Gasteiger partial charge in [0.1, 0.15) is 5.69 Å². The molecule has 1 amide bonds. The average Bonchev–Trinajstić information content (AvgIpc) is 3.12. The fourth-order valence-electron chi connectivity index (χ4n) is 2.97. The maximum atomic E-state index is 12.7. The topological polar surface area (TPSA) is 71.5 Å². The number of hydrogen-bond acceptors (Lipinski definition) is 6.